The minimum atomic E-state index is -0.576. The molecule has 0 atom stereocenters. The first-order chi connectivity index (χ1) is 18.9. The van der Waals surface area contributed by atoms with Crippen LogP contribution in [0.15, 0.2) is 30.3 Å². The Balaban J connectivity index is 0.000000240. The van der Waals surface area contributed by atoms with E-state index in [2.05, 4.69) is 71.3 Å². The number of benzene rings is 1. The standard InChI is InChI=1S/C18H34N4O2.C16H23NO/c1-15(2)11-21(13(23)17(5,6)19-15)9-10-22-12-16(3,4)20-18(7,8)14(22)24;1-15(2)10-13(11-16(3,4)17-15)14(18)12-8-6-5-7-9-12/h19-20H,9-12H2,1-8H3;5-9,13,17H,10-11H2,1-4H3. The van der Waals surface area contributed by atoms with Crippen molar-refractivity contribution in [2.45, 2.75) is 129 Å². The average Bonchev–Trinajstić information content (AvgIpc) is 2.80. The molecule has 0 spiro atoms. The van der Waals surface area contributed by atoms with Crippen LogP contribution in [0.5, 0.6) is 0 Å². The van der Waals surface area contributed by atoms with Crippen LogP contribution in [0, 0.1) is 5.92 Å². The number of carbonyl (C=O) groups excluding carboxylic acids is 3. The molecule has 3 saturated heterocycles. The van der Waals surface area contributed by atoms with Crippen molar-refractivity contribution in [3.05, 3.63) is 35.9 Å². The van der Waals surface area contributed by atoms with Crippen molar-refractivity contribution in [3.63, 3.8) is 0 Å². The van der Waals surface area contributed by atoms with Gasteiger partial charge in [0.25, 0.3) is 0 Å². The number of nitrogens with zero attached hydrogens (tertiary/aromatic N) is 2. The van der Waals surface area contributed by atoms with Gasteiger partial charge in [-0.25, -0.2) is 0 Å². The fourth-order valence-corrected chi connectivity index (χ4v) is 7.71. The number of carbonyl (C=O) groups is 3. The van der Waals surface area contributed by atoms with Gasteiger partial charge in [-0.3, -0.25) is 25.0 Å². The third-order valence-electron chi connectivity index (χ3n) is 8.38. The summed E-state index contributed by atoms with van der Waals surface area (Å²) in [6, 6.07) is 9.66. The maximum Gasteiger partial charge on any atom is 0.242 e. The van der Waals surface area contributed by atoms with E-state index in [0.717, 1.165) is 18.4 Å². The number of piperazine rings is 2. The van der Waals surface area contributed by atoms with E-state index in [1.165, 1.54) is 0 Å². The van der Waals surface area contributed by atoms with Gasteiger partial charge in [0.1, 0.15) is 0 Å². The monoisotopic (exact) mass is 583 g/mol. The molecule has 0 aromatic heterocycles. The summed E-state index contributed by atoms with van der Waals surface area (Å²) < 4.78 is 0. The zero-order chi connectivity index (χ0) is 31.9. The van der Waals surface area contributed by atoms with Crippen molar-refractivity contribution in [1.29, 1.82) is 0 Å². The molecule has 42 heavy (non-hydrogen) atoms. The molecule has 3 aliphatic heterocycles. The number of nitrogens with one attached hydrogen (secondary N) is 3. The Morgan fingerprint density at radius 2 is 1.02 bits per heavy atom. The fourth-order valence-electron chi connectivity index (χ4n) is 7.71. The van der Waals surface area contributed by atoms with E-state index >= 15 is 0 Å². The highest BCUT2D eigenvalue weighted by Gasteiger charge is 2.46. The van der Waals surface area contributed by atoms with Gasteiger partial charge in [-0.2, -0.15) is 0 Å². The molecule has 2 amide bonds. The number of rotatable bonds is 5. The van der Waals surface area contributed by atoms with E-state index < -0.39 is 11.1 Å². The highest BCUT2D eigenvalue weighted by Crippen LogP contribution is 2.34. The third-order valence-corrected chi connectivity index (χ3v) is 8.38. The Kier molecular flexibility index (Phi) is 9.50. The first kappa shape index (κ1) is 34.2. The minimum absolute atomic E-state index is 0.0247. The van der Waals surface area contributed by atoms with Crippen LogP contribution in [0.25, 0.3) is 0 Å². The smallest absolute Gasteiger partial charge is 0.242 e. The van der Waals surface area contributed by atoms with Gasteiger partial charge in [-0.1, -0.05) is 30.3 Å². The summed E-state index contributed by atoms with van der Waals surface area (Å²) in [4.78, 5) is 41.7. The first-order valence-electron chi connectivity index (χ1n) is 15.5. The number of hydrogen-bond donors (Lipinski definition) is 3. The predicted octanol–water partition coefficient (Wildman–Crippen LogP) is 4.39. The molecule has 0 radical (unpaired) electrons. The zero-order valence-electron chi connectivity index (χ0n) is 28.3. The molecule has 0 bridgehead atoms. The molecule has 3 fully saturated rings. The molecule has 0 saturated carbocycles. The molecule has 1 aromatic rings. The van der Waals surface area contributed by atoms with E-state index in [1.807, 2.05) is 67.8 Å². The van der Waals surface area contributed by atoms with E-state index in [4.69, 9.17) is 0 Å². The lowest BCUT2D eigenvalue weighted by Crippen LogP contribution is -2.72. The van der Waals surface area contributed by atoms with Crippen LogP contribution >= 0.6 is 0 Å². The molecule has 236 valence electrons. The first-order valence-corrected chi connectivity index (χ1v) is 15.5. The van der Waals surface area contributed by atoms with Crippen LogP contribution < -0.4 is 16.0 Å². The molecule has 8 heteroatoms. The number of piperidine rings is 1. The van der Waals surface area contributed by atoms with Gasteiger partial charge < -0.3 is 15.1 Å². The average molecular weight is 584 g/mol. The van der Waals surface area contributed by atoms with Crippen molar-refractivity contribution >= 4 is 17.6 Å². The second-order valence-electron chi connectivity index (χ2n) is 16.4. The summed E-state index contributed by atoms with van der Waals surface area (Å²) in [6.45, 7) is 27.3. The maximum absolute atomic E-state index is 12.7. The number of Topliss-reactive ketones (excluding diaryl/α,β-unsaturated/α-hetero) is 1. The maximum atomic E-state index is 12.7. The van der Waals surface area contributed by atoms with Crippen molar-refractivity contribution < 1.29 is 14.4 Å². The van der Waals surface area contributed by atoms with Crippen LogP contribution in [0.3, 0.4) is 0 Å². The summed E-state index contributed by atoms with van der Waals surface area (Å²) in [5.41, 5.74) is -0.529. The fraction of sp³-hybridized carbons (Fsp3) is 0.735. The number of hydrogen-bond acceptors (Lipinski definition) is 6. The Morgan fingerprint density at radius 3 is 1.40 bits per heavy atom. The normalized spacial score (nSPS) is 25.8. The Hall–Kier alpha value is -2.29. The lowest BCUT2D eigenvalue weighted by atomic mass is 9.73. The van der Waals surface area contributed by atoms with Crippen molar-refractivity contribution in [1.82, 2.24) is 25.8 Å². The van der Waals surface area contributed by atoms with Gasteiger partial charge >= 0.3 is 0 Å². The van der Waals surface area contributed by atoms with Crippen LogP contribution in [0.2, 0.25) is 0 Å². The molecule has 0 unspecified atom stereocenters. The molecule has 1 aromatic carbocycles. The predicted molar refractivity (Wildman–Crippen MR) is 171 cm³/mol. The molecule has 8 nitrogen and oxygen atoms in total. The minimum Gasteiger partial charge on any atom is -0.338 e. The van der Waals surface area contributed by atoms with E-state index in [0.29, 0.717) is 32.0 Å². The second-order valence-corrected chi connectivity index (χ2v) is 16.4. The van der Waals surface area contributed by atoms with Crippen LogP contribution in [-0.4, -0.2) is 86.8 Å². The molecule has 3 aliphatic rings. The quantitative estimate of drug-likeness (QED) is 0.446. The third kappa shape index (κ3) is 8.64. The van der Waals surface area contributed by atoms with Gasteiger partial charge in [0.2, 0.25) is 11.8 Å². The summed E-state index contributed by atoms with van der Waals surface area (Å²) >= 11 is 0. The molecular weight excluding hydrogens is 526 g/mol. The molecule has 3 heterocycles. The van der Waals surface area contributed by atoms with E-state index in [-0.39, 0.29) is 39.9 Å². The second kappa shape index (κ2) is 11.7. The van der Waals surface area contributed by atoms with Gasteiger partial charge in [0.05, 0.1) is 11.1 Å². The van der Waals surface area contributed by atoms with Crippen molar-refractivity contribution in [2.24, 2.45) is 5.92 Å². The Morgan fingerprint density at radius 1 is 0.643 bits per heavy atom. The van der Waals surface area contributed by atoms with Gasteiger partial charge in [0, 0.05) is 59.8 Å². The molecule has 3 N–H and O–H groups in total. The highest BCUT2D eigenvalue weighted by molar-refractivity contribution is 5.98. The summed E-state index contributed by atoms with van der Waals surface area (Å²) in [7, 11) is 0. The highest BCUT2D eigenvalue weighted by atomic mass is 16.2. The van der Waals surface area contributed by atoms with Crippen molar-refractivity contribution in [2.75, 3.05) is 26.2 Å². The number of ketones is 1. The molecule has 4 rings (SSSR count). The van der Waals surface area contributed by atoms with E-state index in [9.17, 15) is 14.4 Å². The summed E-state index contributed by atoms with van der Waals surface area (Å²) in [5, 5.41) is 10.4. The van der Waals surface area contributed by atoms with Crippen LogP contribution in [0.1, 0.15) is 106 Å². The summed E-state index contributed by atoms with van der Waals surface area (Å²) in [5.74, 6) is 0.614. The topological polar surface area (TPSA) is 93.8 Å². The molecular formula is C34H57N5O3. The largest absolute Gasteiger partial charge is 0.338 e. The van der Waals surface area contributed by atoms with Gasteiger partial charge in [-0.05, 0) is 95.9 Å². The van der Waals surface area contributed by atoms with Crippen molar-refractivity contribution in [3.8, 4) is 0 Å². The van der Waals surface area contributed by atoms with E-state index in [1.54, 1.807) is 0 Å². The van der Waals surface area contributed by atoms with Gasteiger partial charge in [0.15, 0.2) is 5.78 Å². The lowest BCUT2D eigenvalue weighted by molar-refractivity contribution is -0.148. The number of amides is 2. The zero-order valence-corrected chi connectivity index (χ0v) is 28.3. The summed E-state index contributed by atoms with van der Waals surface area (Å²) in [6.07, 6.45) is 1.81. The van der Waals surface area contributed by atoms with Gasteiger partial charge in [-0.15, -0.1) is 0 Å². The Bertz CT molecular complexity index is 1090. The SMILES string of the molecule is CC1(C)CC(C(=O)c2ccccc2)CC(C)(C)N1.CC1(C)CN(CCN2CC(C)(C)NC(C)(C)C2=O)C(=O)C(C)(C)N1. The Labute approximate surface area is 254 Å². The van der Waals surface area contributed by atoms with Crippen LogP contribution in [0.4, 0.5) is 0 Å². The lowest BCUT2D eigenvalue weighted by Gasteiger charge is -2.50. The van der Waals surface area contributed by atoms with Crippen LogP contribution in [-0.2, 0) is 9.59 Å². The molecule has 0 aliphatic carbocycles.